The highest BCUT2D eigenvalue weighted by molar-refractivity contribution is 5.96. The predicted molar refractivity (Wildman–Crippen MR) is 123 cm³/mol. The first-order chi connectivity index (χ1) is 15.3. The van der Waals surface area contributed by atoms with Crippen molar-refractivity contribution in [3.8, 4) is 5.75 Å². The Morgan fingerprint density at radius 1 is 1.10 bits per heavy atom. The molecular weight excluding hydrogens is 386 g/mol. The average molecular weight is 420 g/mol. The lowest BCUT2D eigenvalue weighted by atomic mass is 9.97. The fourth-order valence-corrected chi connectivity index (χ4v) is 4.41. The number of hydrogen-bond donors (Lipinski definition) is 1. The van der Waals surface area contributed by atoms with E-state index in [2.05, 4.69) is 27.3 Å². The van der Waals surface area contributed by atoms with E-state index < -0.39 is 0 Å². The first-order valence-electron chi connectivity index (χ1n) is 11.6. The van der Waals surface area contributed by atoms with Gasteiger partial charge in [-0.25, -0.2) is 0 Å². The number of allylic oxidation sites excluding steroid dienone is 1. The molecular formula is C26H33N3O2. The Morgan fingerprint density at radius 3 is 2.71 bits per heavy atom. The number of nitrogens with one attached hydrogen (secondary N) is 1. The molecule has 0 saturated carbocycles. The summed E-state index contributed by atoms with van der Waals surface area (Å²) in [6.07, 6.45) is 12.1. The van der Waals surface area contributed by atoms with Crippen LogP contribution in [0.3, 0.4) is 0 Å². The third kappa shape index (κ3) is 6.41. The zero-order valence-corrected chi connectivity index (χ0v) is 18.3. The van der Waals surface area contributed by atoms with Gasteiger partial charge in [-0.15, -0.1) is 0 Å². The Bertz CT molecular complexity index is 873. The van der Waals surface area contributed by atoms with E-state index in [0.29, 0.717) is 17.9 Å². The molecule has 1 N–H and O–H groups in total. The lowest BCUT2D eigenvalue weighted by molar-refractivity contribution is 0.0889. The van der Waals surface area contributed by atoms with Crippen LogP contribution in [-0.4, -0.2) is 41.5 Å². The van der Waals surface area contributed by atoms with Crippen molar-refractivity contribution in [1.29, 1.82) is 0 Å². The van der Waals surface area contributed by atoms with Gasteiger partial charge in [0.2, 0.25) is 0 Å². The van der Waals surface area contributed by atoms with Gasteiger partial charge in [-0.05, 0) is 69.2 Å². The number of aromatic nitrogens is 1. The van der Waals surface area contributed by atoms with Crippen LogP contribution in [0.25, 0.3) is 0 Å². The molecule has 0 radical (unpaired) electrons. The third-order valence-corrected chi connectivity index (χ3v) is 6.19. The summed E-state index contributed by atoms with van der Waals surface area (Å²) in [6.45, 7) is 3.52. The van der Waals surface area contributed by atoms with Gasteiger partial charge in [0.15, 0.2) is 0 Å². The second-order valence-electron chi connectivity index (χ2n) is 8.52. The maximum atomic E-state index is 12.8. The molecule has 2 aliphatic rings. The summed E-state index contributed by atoms with van der Waals surface area (Å²) in [4.78, 5) is 19.6. The van der Waals surface area contributed by atoms with Crippen LogP contribution < -0.4 is 10.1 Å². The highest BCUT2D eigenvalue weighted by Gasteiger charge is 2.22. The Labute approximate surface area is 185 Å². The SMILES string of the molecule is O=C(NCCC1=CCCCC1)c1ccccc1OC1CCN(Cc2ccccn2)CC1. The van der Waals surface area contributed by atoms with Gasteiger partial charge in [0.05, 0.1) is 11.3 Å². The van der Waals surface area contributed by atoms with Gasteiger partial charge in [0, 0.05) is 32.4 Å². The van der Waals surface area contributed by atoms with Crippen LogP contribution in [0.15, 0.2) is 60.3 Å². The Balaban J connectivity index is 1.26. The molecule has 0 spiro atoms. The van der Waals surface area contributed by atoms with Crippen molar-refractivity contribution < 1.29 is 9.53 Å². The smallest absolute Gasteiger partial charge is 0.255 e. The van der Waals surface area contributed by atoms with E-state index in [0.717, 1.165) is 44.6 Å². The number of benzene rings is 1. The van der Waals surface area contributed by atoms with Crippen molar-refractivity contribution in [1.82, 2.24) is 15.2 Å². The Morgan fingerprint density at radius 2 is 1.94 bits per heavy atom. The molecule has 5 heteroatoms. The molecule has 5 nitrogen and oxygen atoms in total. The van der Waals surface area contributed by atoms with Gasteiger partial charge >= 0.3 is 0 Å². The molecule has 1 amide bonds. The van der Waals surface area contributed by atoms with Crippen LogP contribution in [0.4, 0.5) is 0 Å². The molecule has 1 aliphatic carbocycles. The van der Waals surface area contributed by atoms with Gasteiger partial charge in [-0.3, -0.25) is 14.7 Å². The van der Waals surface area contributed by atoms with Crippen molar-refractivity contribution >= 4 is 5.91 Å². The zero-order valence-electron chi connectivity index (χ0n) is 18.3. The summed E-state index contributed by atoms with van der Waals surface area (Å²) < 4.78 is 6.29. The monoisotopic (exact) mass is 419 g/mol. The summed E-state index contributed by atoms with van der Waals surface area (Å²) >= 11 is 0. The summed E-state index contributed by atoms with van der Waals surface area (Å²) in [5.74, 6) is 0.652. The average Bonchev–Trinajstić information content (AvgIpc) is 2.82. The standard InChI is InChI=1S/C26H33N3O2/c30-26(28-17-13-21-8-2-1-3-9-21)24-11-4-5-12-25(24)31-23-14-18-29(19-15-23)20-22-10-6-7-16-27-22/h4-8,10-12,16,23H,1-3,9,13-15,17-20H2,(H,28,30). The first kappa shape index (κ1) is 21.6. The number of carbonyl (C=O) groups is 1. The number of likely N-dealkylation sites (tertiary alicyclic amines) is 1. The molecule has 1 aliphatic heterocycles. The molecule has 0 bridgehead atoms. The van der Waals surface area contributed by atoms with Gasteiger partial charge < -0.3 is 10.1 Å². The van der Waals surface area contributed by atoms with Gasteiger partial charge in [0.1, 0.15) is 11.9 Å². The molecule has 1 saturated heterocycles. The molecule has 31 heavy (non-hydrogen) atoms. The van der Waals surface area contributed by atoms with Crippen molar-refractivity contribution in [2.45, 2.75) is 57.6 Å². The van der Waals surface area contributed by atoms with E-state index in [-0.39, 0.29) is 12.0 Å². The maximum absolute atomic E-state index is 12.8. The molecule has 1 fully saturated rings. The molecule has 2 aromatic rings. The molecule has 4 rings (SSSR count). The number of carbonyl (C=O) groups excluding carboxylic acids is 1. The number of piperidine rings is 1. The zero-order chi connectivity index (χ0) is 21.3. The number of rotatable bonds is 8. The van der Waals surface area contributed by atoms with E-state index >= 15 is 0 Å². The fourth-order valence-electron chi connectivity index (χ4n) is 4.41. The quantitative estimate of drug-likeness (QED) is 0.628. The van der Waals surface area contributed by atoms with Crippen molar-refractivity contribution in [3.63, 3.8) is 0 Å². The van der Waals surface area contributed by atoms with Gasteiger partial charge in [0.25, 0.3) is 5.91 Å². The van der Waals surface area contributed by atoms with Crippen molar-refractivity contribution in [2.24, 2.45) is 0 Å². The number of nitrogens with zero attached hydrogens (tertiary/aromatic N) is 2. The molecule has 0 atom stereocenters. The van der Waals surface area contributed by atoms with Crippen LogP contribution in [-0.2, 0) is 6.54 Å². The number of hydrogen-bond acceptors (Lipinski definition) is 4. The normalized spacial score (nSPS) is 17.7. The Kier molecular flexibility index (Phi) is 7.72. The number of amides is 1. The molecule has 1 aromatic heterocycles. The van der Waals surface area contributed by atoms with E-state index in [4.69, 9.17) is 4.74 Å². The summed E-state index contributed by atoms with van der Waals surface area (Å²) in [5.41, 5.74) is 3.22. The summed E-state index contributed by atoms with van der Waals surface area (Å²) in [7, 11) is 0. The maximum Gasteiger partial charge on any atom is 0.255 e. The lowest BCUT2D eigenvalue weighted by Gasteiger charge is -2.32. The van der Waals surface area contributed by atoms with Crippen LogP contribution in [0, 0.1) is 0 Å². The largest absolute Gasteiger partial charge is 0.489 e. The summed E-state index contributed by atoms with van der Waals surface area (Å²) in [6, 6.07) is 13.7. The highest BCUT2D eigenvalue weighted by Crippen LogP contribution is 2.24. The minimum Gasteiger partial charge on any atom is -0.489 e. The number of para-hydroxylation sites is 1. The molecule has 2 heterocycles. The lowest BCUT2D eigenvalue weighted by Crippen LogP contribution is -2.38. The fraction of sp³-hybridized carbons (Fsp3) is 0.462. The van der Waals surface area contributed by atoms with Crippen molar-refractivity contribution in [3.05, 3.63) is 71.6 Å². The highest BCUT2D eigenvalue weighted by atomic mass is 16.5. The topological polar surface area (TPSA) is 54.5 Å². The Hall–Kier alpha value is -2.66. The van der Waals surface area contributed by atoms with Crippen LogP contribution in [0.2, 0.25) is 0 Å². The predicted octanol–water partition coefficient (Wildman–Crippen LogP) is 4.75. The van der Waals surface area contributed by atoms with Crippen LogP contribution in [0.1, 0.15) is 61.0 Å². The minimum absolute atomic E-state index is 0.0420. The van der Waals surface area contributed by atoms with E-state index in [1.54, 1.807) is 0 Å². The molecule has 1 aromatic carbocycles. The third-order valence-electron chi connectivity index (χ3n) is 6.19. The minimum atomic E-state index is -0.0420. The first-order valence-corrected chi connectivity index (χ1v) is 11.6. The second-order valence-corrected chi connectivity index (χ2v) is 8.52. The van der Waals surface area contributed by atoms with E-state index in [9.17, 15) is 4.79 Å². The van der Waals surface area contributed by atoms with Crippen molar-refractivity contribution in [2.75, 3.05) is 19.6 Å². The van der Waals surface area contributed by atoms with Gasteiger partial charge in [-0.1, -0.05) is 29.8 Å². The van der Waals surface area contributed by atoms with E-state index in [1.807, 2.05) is 42.6 Å². The van der Waals surface area contributed by atoms with Gasteiger partial charge in [-0.2, -0.15) is 0 Å². The van der Waals surface area contributed by atoms with Crippen LogP contribution >= 0.6 is 0 Å². The van der Waals surface area contributed by atoms with E-state index in [1.165, 1.54) is 31.3 Å². The second kappa shape index (κ2) is 11.1. The molecule has 0 unspecified atom stereocenters. The number of pyridine rings is 1. The molecule has 164 valence electrons. The number of ether oxygens (including phenoxy) is 1. The van der Waals surface area contributed by atoms with Crippen LogP contribution in [0.5, 0.6) is 5.75 Å². The summed E-state index contributed by atoms with van der Waals surface area (Å²) in [5, 5.41) is 3.08.